The molecule has 0 atom stereocenters. The molecule has 0 bridgehead atoms. The average Bonchev–Trinajstić information content (AvgIpc) is 2.39. The van der Waals surface area contributed by atoms with Crippen LogP contribution >= 0.6 is 0 Å². The van der Waals surface area contributed by atoms with Gasteiger partial charge in [0, 0.05) is 11.1 Å². The van der Waals surface area contributed by atoms with Crippen molar-refractivity contribution in [2.45, 2.75) is 92.7 Å². The molecule has 1 saturated heterocycles. The van der Waals surface area contributed by atoms with Gasteiger partial charge in [0.2, 0.25) is 11.8 Å². The van der Waals surface area contributed by atoms with Crippen LogP contribution in [0.25, 0.3) is 0 Å². The van der Waals surface area contributed by atoms with Gasteiger partial charge in [-0.1, -0.05) is 41.0 Å². The number of nitrogens with zero attached hydrogens (tertiary/aromatic N) is 2. The summed E-state index contributed by atoms with van der Waals surface area (Å²) < 4.78 is 0. The van der Waals surface area contributed by atoms with Crippen LogP contribution in [0.15, 0.2) is 0 Å². The molecule has 0 unspecified atom stereocenters. The maximum absolute atomic E-state index is 12.8. The van der Waals surface area contributed by atoms with Crippen LogP contribution < -0.4 is 0 Å². The molecule has 1 heterocycles. The zero-order valence-corrected chi connectivity index (χ0v) is 17.3. The van der Waals surface area contributed by atoms with E-state index in [0.29, 0.717) is 5.92 Å². The van der Waals surface area contributed by atoms with Crippen molar-refractivity contribution < 1.29 is 9.59 Å². The summed E-state index contributed by atoms with van der Waals surface area (Å²) in [7, 11) is 0. The van der Waals surface area contributed by atoms with Gasteiger partial charge in [0.05, 0.1) is 0 Å². The quantitative estimate of drug-likeness (QED) is 0.701. The number of amides is 2. The molecular weight excluding hydrogens is 300 g/mol. The Morgan fingerprint density at radius 3 is 1.67 bits per heavy atom. The molecule has 1 aliphatic rings. The monoisotopic (exact) mass is 338 g/mol. The van der Waals surface area contributed by atoms with Crippen molar-refractivity contribution in [2.75, 3.05) is 13.1 Å². The number of hydrogen-bond acceptors (Lipinski definition) is 2. The van der Waals surface area contributed by atoms with Crippen molar-refractivity contribution in [1.29, 1.82) is 0 Å². The van der Waals surface area contributed by atoms with Gasteiger partial charge in [-0.05, 0) is 51.9 Å². The molecule has 24 heavy (non-hydrogen) atoms. The lowest BCUT2D eigenvalue weighted by atomic mass is 9.72. The first-order chi connectivity index (χ1) is 10.7. The molecule has 4 heteroatoms. The normalized spacial score (nSPS) is 17.9. The molecule has 0 aliphatic carbocycles. The third-order valence-corrected chi connectivity index (χ3v) is 5.96. The summed E-state index contributed by atoms with van der Waals surface area (Å²) in [4.78, 5) is 29.2. The molecule has 0 aromatic heterocycles. The molecule has 0 radical (unpaired) electrons. The van der Waals surface area contributed by atoms with E-state index in [2.05, 4.69) is 62.3 Å². The largest absolute Gasteiger partial charge is 0.327 e. The molecule has 140 valence electrons. The molecule has 0 aromatic carbocycles. The Bertz CT molecular complexity index is 478. The van der Waals surface area contributed by atoms with E-state index >= 15 is 0 Å². The summed E-state index contributed by atoms with van der Waals surface area (Å²) in [6.07, 6.45) is 2.80. The Balaban J connectivity index is 2.95. The SMILES string of the molecule is CCCC(C)(C)N1CC(=O)N(C(C)(C)CC(C)(C)C(C)C)CC1=O. The average molecular weight is 339 g/mol. The van der Waals surface area contributed by atoms with Crippen LogP contribution in [0, 0.1) is 11.3 Å². The zero-order valence-electron chi connectivity index (χ0n) is 17.3. The van der Waals surface area contributed by atoms with Crippen LogP contribution in [0.4, 0.5) is 0 Å². The summed E-state index contributed by atoms with van der Waals surface area (Å²) in [5.41, 5.74) is -0.456. The van der Waals surface area contributed by atoms with Crippen molar-refractivity contribution in [3.8, 4) is 0 Å². The van der Waals surface area contributed by atoms with Crippen molar-refractivity contribution in [3.63, 3.8) is 0 Å². The van der Waals surface area contributed by atoms with E-state index in [1.807, 2.05) is 0 Å². The van der Waals surface area contributed by atoms with Gasteiger partial charge in [-0.25, -0.2) is 0 Å². The maximum Gasteiger partial charge on any atom is 0.243 e. The van der Waals surface area contributed by atoms with Crippen LogP contribution in [0.2, 0.25) is 0 Å². The standard InChI is InChI=1S/C20H38N2O2/c1-10-11-19(6,7)21-12-17(24)22(13-16(21)23)20(8,9)14-18(4,5)15(2)3/h15H,10-14H2,1-9H3. The maximum atomic E-state index is 12.8. The Labute approximate surface area is 149 Å². The lowest BCUT2D eigenvalue weighted by Crippen LogP contribution is -2.64. The number of carbonyl (C=O) groups excluding carboxylic acids is 2. The van der Waals surface area contributed by atoms with Crippen LogP contribution in [-0.4, -0.2) is 45.8 Å². The highest BCUT2D eigenvalue weighted by Crippen LogP contribution is 2.38. The van der Waals surface area contributed by atoms with Crippen LogP contribution in [0.3, 0.4) is 0 Å². The Morgan fingerprint density at radius 1 is 0.875 bits per heavy atom. The molecule has 1 rings (SSSR count). The number of carbonyl (C=O) groups is 2. The van der Waals surface area contributed by atoms with Crippen molar-refractivity contribution >= 4 is 11.8 Å². The van der Waals surface area contributed by atoms with Crippen LogP contribution in [0.1, 0.15) is 81.6 Å². The van der Waals surface area contributed by atoms with Gasteiger partial charge in [0.25, 0.3) is 0 Å². The summed E-state index contributed by atoms with van der Waals surface area (Å²) in [6, 6.07) is 0. The molecule has 2 amide bonds. The topological polar surface area (TPSA) is 40.6 Å². The Kier molecular flexibility index (Phi) is 6.16. The first kappa shape index (κ1) is 21.0. The highest BCUT2D eigenvalue weighted by molar-refractivity contribution is 5.93. The fraction of sp³-hybridized carbons (Fsp3) is 0.900. The van der Waals surface area contributed by atoms with Crippen molar-refractivity contribution in [2.24, 2.45) is 11.3 Å². The van der Waals surface area contributed by atoms with Gasteiger partial charge < -0.3 is 9.80 Å². The summed E-state index contributed by atoms with van der Waals surface area (Å²) in [5, 5.41) is 0. The third kappa shape index (κ3) is 4.52. The van der Waals surface area contributed by atoms with E-state index < -0.39 is 0 Å². The summed E-state index contributed by atoms with van der Waals surface area (Å²) in [5.74, 6) is 0.666. The molecular formula is C20H38N2O2. The molecule has 4 nitrogen and oxygen atoms in total. The predicted octanol–water partition coefficient (Wildman–Crippen LogP) is 4.09. The molecule has 0 spiro atoms. The predicted molar refractivity (Wildman–Crippen MR) is 99.7 cm³/mol. The second kappa shape index (κ2) is 7.05. The number of rotatable bonds is 7. The molecule has 0 N–H and O–H groups in total. The molecule has 0 saturated carbocycles. The van der Waals surface area contributed by atoms with Gasteiger partial charge in [0.1, 0.15) is 13.1 Å². The van der Waals surface area contributed by atoms with Gasteiger partial charge in [-0.15, -0.1) is 0 Å². The van der Waals surface area contributed by atoms with Gasteiger partial charge in [-0.3, -0.25) is 9.59 Å². The highest BCUT2D eigenvalue weighted by atomic mass is 16.2. The highest BCUT2D eigenvalue weighted by Gasteiger charge is 2.44. The second-order valence-corrected chi connectivity index (χ2v) is 9.65. The first-order valence-corrected chi connectivity index (χ1v) is 9.35. The van der Waals surface area contributed by atoms with Crippen molar-refractivity contribution in [3.05, 3.63) is 0 Å². The minimum atomic E-state index is -0.318. The molecule has 0 aromatic rings. The van der Waals surface area contributed by atoms with E-state index in [-0.39, 0.29) is 41.4 Å². The van der Waals surface area contributed by atoms with Gasteiger partial charge >= 0.3 is 0 Å². The minimum Gasteiger partial charge on any atom is -0.327 e. The lowest BCUT2D eigenvalue weighted by Gasteiger charge is -2.50. The van der Waals surface area contributed by atoms with E-state index in [1.54, 1.807) is 9.80 Å². The van der Waals surface area contributed by atoms with E-state index in [0.717, 1.165) is 19.3 Å². The Morgan fingerprint density at radius 2 is 1.29 bits per heavy atom. The smallest absolute Gasteiger partial charge is 0.243 e. The molecule has 1 aliphatic heterocycles. The zero-order chi connectivity index (χ0) is 18.9. The number of hydrogen-bond donors (Lipinski definition) is 0. The lowest BCUT2D eigenvalue weighted by molar-refractivity contribution is -0.161. The first-order valence-electron chi connectivity index (χ1n) is 9.35. The number of piperazine rings is 1. The van der Waals surface area contributed by atoms with E-state index in [4.69, 9.17) is 0 Å². The minimum absolute atomic E-state index is 0.0725. The van der Waals surface area contributed by atoms with E-state index in [9.17, 15) is 9.59 Å². The summed E-state index contributed by atoms with van der Waals surface area (Å²) in [6.45, 7) is 19.7. The van der Waals surface area contributed by atoms with Crippen LogP contribution in [-0.2, 0) is 9.59 Å². The van der Waals surface area contributed by atoms with Gasteiger partial charge in [0.15, 0.2) is 0 Å². The molecule has 1 fully saturated rings. The second-order valence-electron chi connectivity index (χ2n) is 9.65. The van der Waals surface area contributed by atoms with E-state index in [1.165, 1.54) is 0 Å². The van der Waals surface area contributed by atoms with Crippen molar-refractivity contribution in [1.82, 2.24) is 9.80 Å². The fourth-order valence-corrected chi connectivity index (χ4v) is 3.88. The third-order valence-electron chi connectivity index (χ3n) is 5.96. The Hall–Kier alpha value is -1.06. The van der Waals surface area contributed by atoms with Crippen LogP contribution in [0.5, 0.6) is 0 Å². The summed E-state index contributed by atoms with van der Waals surface area (Å²) >= 11 is 0. The fourth-order valence-electron chi connectivity index (χ4n) is 3.88. The van der Waals surface area contributed by atoms with Gasteiger partial charge in [-0.2, -0.15) is 0 Å².